The molecule has 0 radical (unpaired) electrons. The summed E-state index contributed by atoms with van der Waals surface area (Å²) in [6.07, 6.45) is 4.04. The molecule has 1 heterocycles. The average molecular weight is 183 g/mol. The van der Waals surface area contributed by atoms with E-state index in [0.29, 0.717) is 5.41 Å². The van der Waals surface area contributed by atoms with Crippen LogP contribution in [0.1, 0.15) is 33.1 Å². The average Bonchev–Trinajstić information content (AvgIpc) is 2.93. The third-order valence-corrected chi connectivity index (χ3v) is 3.64. The van der Waals surface area contributed by atoms with Crippen LogP contribution >= 0.6 is 0 Å². The molecule has 0 aromatic heterocycles. The Bertz CT molecular complexity index is 177. The molecular weight excluding hydrogens is 162 g/mol. The molecule has 2 rings (SSSR count). The van der Waals surface area contributed by atoms with Gasteiger partial charge in [0.2, 0.25) is 0 Å². The summed E-state index contributed by atoms with van der Waals surface area (Å²) in [5, 5.41) is 0. The lowest BCUT2D eigenvalue weighted by Crippen LogP contribution is -2.37. The van der Waals surface area contributed by atoms with Crippen LogP contribution in [0.2, 0.25) is 0 Å². The highest BCUT2D eigenvalue weighted by atomic mass is 16.5. The topological polar surface area (TPSA) is 12.5 Å². The summed E-state index contributed by atoms with van der Waals surface area (Å²) in [4.78, 5) is 2.61. The summed E-state index contributed by atoms with van der Waals surface area (Å²) >= 11 is 0. The van der Waals surface area contributed by atoms with Crippen molar-refractivity contribution in [3.8, 4) is 0 Å². The van der Waals surface area contributed by atoms with Crippen LogP contribution in [0.15, 0.2) is 0 Å². The second-order valence-corrected chi connectivity index (χ2v) is 4.78. The van der Waals surface area contributed by atoms with Gasteiger partial charge in [-0.2, -0.15) is 0 Å². The van der Waals surface area contributed by atoms with Gasteiger partial charge in [-0.15, -0.1) is 0 Å². The Labute approximate surface area is 81.3 Å². The van der Waals surface area contributed by atoms with Crippen LogP contribution in [0.3, 0.4) is 0 Å². The Hall–Kier alpha value is -0.0800. The molecule has 0 aromatic rings. The fourth-order valence-electron chi connectivity index (χ4n) is 2.14. The van der Waals surface area contributed by atoms with Crippen LogP contribution in [-0.2, 0) is 4.74 Å². The predicted octanol–water partition coefficient (Wildman–Crippen LogP) is 1.90. The molecule has 0 bridgehead atoms. The maximum atomic E-state index is 5.66. The van der Waals surface area contributed by atoms with E-state index >= 15 is 0 Å². The molecule has 2 nitrogen and oxygen atoms in total. The first-order valence-corrected chi connectivity index (χ1v) is 5.57. The van der Waals surface area contributed by atoms with Crippen LogP contribution in [-0.4, -0.2) is 37.2 Å². The van der Waals surface area contributed by atoms with Crippen molar-refractivity contribution >= 4 is 0 Å². The molecule has 1 atom stereocenters. The molecule has 0 N–H and O–H groups in total. The van der Waals surface area contributed by atoms with E-state index in [4.69, 9.17) is 4.74 Å². The Morgan fingerprint density at radius 3 is 2.85 bits per heavy atom. The molecule has 76 valence electrons. The van der Waals surface area contributed by atoms with Crippen LogP contribution in [0, 0.1) is 5.41 Å². The van der Waals surface area contributed by atoms with Crippen molar-refractivity contribution in [2.45, 2.75) is 39.2 Å². The SMILES string of the molecule is CCC(C)N1CCOCC2(CC2)C1. The number of nitrogens with zero attached hydrogens (tertiary/aromatic N) is 1. The molecular formula is C11H21NO. The summed E-state index contributed by atoms with van der Waals surface area (Å²) in [5.41, 5.74) is 0.569. The van der Waals surface area contributed by atoms with Gasteiger partial charge in [0, 0.05) is 24.5 Å². The van der Waals surface area contributed by atoms with Gasteiger partial charge in [-0.05, 0) is 26.2 Å². The Kier molecular flexibility index (Phi) is 2.61. The molecule has 1 unspecified atom stereocenters. The molecule has 0 amide bonds. The smallest absolute Gasteiger partial charge is 0.0593 e. The first-order chi connectivity index (χ1) is 6.26. The highest BCUT2D eigenvalue weighted by Gasteiger charge is 2.45. The van der Waals surface area contributed by atoms with Gasteiger partial charge in [-0.1, -0.05) is 6.92 Å². The lowest BCUT2D eigenvalue weighted by Gasteiger charge is -2.28. The Balaban J connectivity index is 1.94. The van der Waals surface area contributed by atoms with E-state index in [0.717, 1.165) is 25.8 Å². The maximum absolute atomic E-state index is 5.66. The third kappa shape index (κ3) is 2.05. The van der Waals surface area contributed by atoms with E-state index in [2.05, 4.69) is 18.7 Å². The summed E-state index contributed by atoms with van der Waals surface area (Å²) in [7, 11) is 0. The predicted molar refractivity (Wildman–Crippen MR) is 53.8 cm³/mol. The van der Waals surface area contributed by atoms with Gasteiger partial charge in [0.15, 0.2) is 0 Å². The summed E-state index contributed by atoms with van der Waals surface area (Å²) in [5.74, 6) is 0. The molecule has 1 aliphatic heterocycles. The summed E-state index contributed by atoms with van der Waals surface area (Å²) in [6.45, 7) is 8.97. The van der Waals surface area contributed by atoms with Crippen LogP contribution in [0.25, 0.3) is 0 Å². The van der Waals surface area contributed by atoms with Crippen molar-refractivity contribution in [3.05, 3.63) is 0 Å². The van der Waals surface area contributed by atoms with E-state index in [9.17, 15) is 0 Å². The zero-order valence-electron chi connectivity index (χ0n) is 8.88. The molecule has 1 spiro atoms. The van der Waals surface area contributed by atoms with Crippen molar-refractivity contribution < 1.29 is 4.74 Å². The lowest BCUT2D eigenvalue weighted by atomic mass is 10.1. The fraction of sp³-hybridized carbons (Fsp3) is 1.00. The van der Waals surface area contributed by atoms with E-state index in [1.807, 2.05) is 0 Å². The van der Waals surface area contributed by atoms with E-state index < -0.39 is 0 Å². The van der Waals surface area contributed by atoms with Gasteiger partial charge in [0.05, 0.1) is 13.2 Å². The normalized spacial score (nSPS) is 30.0. The third-order valence-electron chi connectivity index (χ3n) is 3.64. The fourth-order valence-corrected chi connectivity index (χ4v) is 2.14. The van der Waals surface area contributed by atoms with Gasteiger partial charge in [0.25, 0.3) is 0 Å². The van der Waals surface area contributed by atoms with Gasteiger partial charge in [-0.3, -0.25) is 4.90 Å². The van der Waals surface area contributed by atoms with E-state index in [1.165, 1.54) is 25.8 Å². The monoisotopic (exact) mass is 183 g/mol. The number of hydrogen-bond acceptors (Lipinski definition) is 2. The van der Waals surface area contributed by atoms with Crippen molar-refractivity contribution in [1.29, 1.82) is 0 Å². The van der Waals surface area contributed by atoms with Crippen LogP contribution < -0.4 is 0 Å². The minimum atomic E-state index is 0.569. The van der Waals surface area contributed by atoms with Crippen LogP contribution in [0.5, 0.6) is 0 Å². The van der Waals surface area contributed by atoms with Crippen LogP contribution in [0.4, 0.5) is 0 Å². The first kappa shape index (κ1) is 9.47. The second kappa shape index (κ2) is 3.58. The lowest BCUT2D eigenvalue weighted by molar-refractivity contribution is 0.114. The van der Waals surface area contributed by atoms with Gasteiger partial charge < -0.3 is 4.74 Å². The van der Waals surface area contributed by atoms with Gasteiger partial charge in [0.1, 0.15) is 0 Å². The largest absolute Gasteiger partial charge is 0.379 e. The minimum Gasteiger partial charge on any atom is -0.379 e. The molecule has 1 saturated heterocycles. The van der Waals surface area contributed by atoms with Crippen molar-refractivity contribution in [2.75, 3.05) is 26.3 Å². The van der Waals surface area contributed by atoms with Gasteiger partial charge >= 0.3 is 0 Å². The van der Waals surface area contributed by atoms with Crippen molar-refractivity contribution in [2.24, 2.45) is 5.41 Å². The molecule has 0 aromatic carbocycles. The molecule has 2 aliphatic rings. The number of rotatable bonds is 2. The zero-order valence-corrected chi connectivity index (χ0v) is 8.88. The summed E-state index contributed by atoms with van der Waals surface area (Å²) in [6, 6.07) is 0.735. The highest BCUT2D eigenvalue weighted by Crippen LogP contribution is 2.47. The number of ether oxygens (including phenoxy) is 1. The first-order valence-electron chi connectivity index (χ1n) is 5.57. The quantitative estimate of drug-likeness (QED) is 0.648. The molecule has 13 heavy (non-hydrogen) atoms. The van der Waals surface area contributed by atoms with Crippen molar-refractivity contribution in [3.63, 3.8) is 0 Å². The molecule has 2 heteroatoms. The van der Waals surface area contributed by atoms with Crippen molar-refractivity contribution in [1.82, 2.24) is 4.90 Å². The molecule has 2 fully saturated rings. The maximum Gasteiger partial charge on any atom is 0.0593 e. The second-order valence-electron chi connectivity index (χ2n) is 4.78. The Morgan fingerprint density at radius 1 is 1.46 bits per heavy atom. The molecule has 1 aliphatic carbocycles. The minimum absolute atomic E-state index is 0.569. The molecule has 1 saturated carbocycles. The van der Waals surface area contributed by atoms with Gasteiger partial charge in [-0.25, -0.2) is 0 Å². The zero-order chi connectivity index (χ0) is 9.31. The highest BCUT2D eigenvalue weighted by molar-refractivity contribution is 4.97. The summed E-state index contributed by atoms with van der Waals surface area (Å²) < 4.78 is 5.66. The standard InChI is InChI=1S/C11H21NO/c1-3-10(2)12-6-7-13-9-11(8-12)4-5-11/h10H,3-9H2,1-2H3. The Morgan fingerprint density at radius 2 is 2.23 bits per heavy atom. The van der Waals surface area contributed by atoms with E-state index in [1.54, 1.807) is 0 Å². The number of hydrogen-bond donors (Lipinski definition) is 0. The van der Waals surface area contributed by atoms with E-state index in [-0.39, 0.29) is 0 Å².